The van der Waals surface area contributed by atoms with Gasteiger partial charge in [-0.05, 0) is 43.7 Å². The Labute approximate surface area is 132 Å². The summed E-state index contributed by atoms with van der Waals surface area (Å²) in [5.74, 6) is -0.394. The Morgan fingerprint density at radius 3 is 2.45 bits per heavy atom. The predicted octanol–water partition coefficient (Wildman–Crippen LogP) is 3.62. The van der Waals surface area contributed by atoms with E-state index in [1.165, 1.54) is 18.2 Å². The fourth-order valence-corrected chi connectivity index (χ4v) is 2.05. The molecule has 22 heavy (non-hydrogen) atoms. The van der Waals surface area contributed by atoms with Crippen LogP contribution < -0.4 is 10.9 Å². The first-order chi connectivity index (χ1) is 10.4. The monoisotopic (exact) mass is 319 g/mol. The summed E-state index contributed by atoms with van der Waals surface area (Å²) >= 11 is 6.00. The number of carbonyl (C=O) groups is 1. The number of anilines is 1. The van der Waals surface area contributed by atoms with Crippen LogP contribution in [0.4, 0.5) is 11.4 Å². The van der Waals surface area contributed by atoms with Crippen molar-refractivity contribution in [3.8, 4) is 0 Å². The summed E-state index contributed by atoms with van der Waals surface area (Å²) in [6.45, 7) is 3.46. The number of rotatable bonds is 4. The summed E-state index contributed by atoms with van der Waals surface area (Å²) in [6.07, 6.45) is 0. The van der Waals surface area contributed by atoms with Crippen LogP contribution in [0.5, 0.6) is 0 Å². The second kappa shape index (κ2) is 6.44. The van der Waals surface area contributed by atoms with E-state index < -0.39 is 10.8 Å². The van der Waals surface area contributed by atoms with E-state index in [1.807, 2.05) is 13.0 Å². The SMILES string of the molecule is Cc1ccc(NNC(=O)c2ccc([N+](=O)[O-])c(C)c2)cc1Cl. The van der Waals surface area contributed by atoms with Crippen molar-refractivity contribution in [3.05, 3.63) is 68.2 Å². The molecule has 0 spiro atoms. The van der Waals surface area contributed by atoms with Gasteiger partial charge in [-0.25, -0.2) is 0 Å². The second-order valence-corrected chi connectivity index (χ2v) is 5.21. The average Bonchev–Trinajstić information content (AvgIpc) is 2.47. The maximum Gasteiger partial charge on any atom is 0.272 e. The van der Waals surface area contributed by atoms with Crippen LogP contribution in [0.3, 0.4) is 0 Å². The molecule has 0 bridgehead atoms. The van der Waals surface area contributed by atoms with Crippen LogP contribution in [-0.4, -0.2) is 10.8 Å². The van der Waals surface area contributed by atoms with Crippen molar-refractivity contribution in [2.45, 2.75) is 13.8 Å². The number of hydrazine groups is 1. The van der Waals surface area contributed by atoms with Crippen molar-refractivity contribution < 1.29 is 9.72 Å². The molecule has 0 aliphatic heterocycles. The molecule has 2 N–H and O–H groups in total. The van der Waals surface area contributed by atoms with Crippen LogP contribution in [0.1, 0.15) is 21.5 Å². The van der Waals surface area contributed by atoms with Gasteiger partial charge < -0.3 is 0 Å². The lowest BCUT2D eigenvalue weighted by atomic mass is 10.1. The summed E-state index contributed by atoms with van der Waals surface area (Å²) in [5.41, 5.74) is 7.58. The number of benzene rings is 2. The number of nitrogens with one attached hydrogen (secondary N) is 2. The molecule has 0 aromatic heterocycles. The number of nitrogens with zero attached hydrogens (tertiary/aromatic N) is 1. The summed E-state index contributed by atoms with van der Waals surface area (Å²) in [7, 11) is 0. The highest BCUT2D eigenvalue weighted by Gasteiger charge is 2.13. The zero-order valence-corrected chi connectivity index (χ0v) is 12.8. The fourth-order valence-electron chi connectivity index (χ4n) is 1.87. The molecule has 0 fully saturated rings. The zero-order valence-electron chi connectivity index (χ0n) is 12.0. The van der Waals surface area contributed by atoms with Gasteiger partial charge in [0, 0.05) is 22.2 Å². The van der Waals surface area contributed by atoms with E-state index in [4.69, 9.17) is 11.6 Å². The number of nitro benzene ring substituents is 1. The third-order valence-corrected chi connectivity index (χ3v) is 3.56. The van der Waals surface area contributed by atoms with Crippen molar-refractivity contribution in [3.63, 3.8) is 0 Å². The van der Waals surface area contributed by atoms with Crippen molar-refractivity contribution in [2.75, 3.05) is 5.43 Å². The Kier molecular flexibility index (Phi) is 4.62. The minimum atomic E-state index is -0.483. The van der Waals surface area contributed by atoms with Gasteiger partial charge in [0.1, 0.15) is 0 Å². The van der Waals surface area contributed by atoms with E-state index in [1.54, 1.807) is 19.1 Å². The summed E-state index contributed by atoms with van der Waals surface area (Å²) < 4.78 is 0. The van der Waals surface area contributed by atoms with Gasteiger partial charge in [-0.3, -0.25) is 25.8 Å². The van der Waals surface area contributed by atoms with Crippen molar-refractivity contribution >= 4 is 28.9 Å². The average molecular weight is 320 g/mol. The minimum Gasteiger partial charge on any atom is -0.298 e. The maximum absolute atomic E-state index is 12.0. The van der Waals surface area contributed by atoms with Crippen LogP contribution in [0, 0.1) is 24.0 Å². The Morgan fingerprint density at radius 1 is 1.14 bits per heavy atom. The molecule has 2 aromatic rings. The number of nitro groups is 1. The largest absolute Gasteiger partial charge is 0.298 e. The molecule has 0 saturated heterocycles. The standard InChI is InChI=1S/C15H14ClN3O3/c1-9-3-5-12(8-13(9)16)17-18-15(20)11-4-6-14(19(21)22)10(2)7-11/h3-8,17H,1-2H3,(H,18,20). The van der Waals surface area contributed by atoms with Gasteiger partial charge in [0.15, 0.2) is 0 Å². The summed E-state index contributed by atoms with van der Waals surface area (Å²) in [6, 6.07) is 9.49. The van der Waals surface area contributed by atoms with E-state index in [0.717, 1.165) is 5.56 Å². The van der Waals surface area contributed by atoms with Gasteiger partial charge in [0.25, 0.3) is 11.6 Å². The lowest BCUT2D eigenvalue weighted by Gasteiger charge is -2.10. The van der Waals surface area contributed by atoms with Crippen LogP contribution in [0.25, 0.3) is 0 Å². The molecule has 0 atom stereocenters. The van der Waals surface area contributed by atoms with Gasteiger partial charge >= 0.3 is 0 Å². The third kappa shape index (κ3) is 3.53. The molecule has 0 aliphatic carbocycles. The first kappa shape index (κ1) is 15.8. The van der Waals surface area contributed by atoms with Gasteiger partial charge in [-0.15, -0.1) is 0 Å². The highest BCUT2D eigenvalue weighted by Crippen LogP contribution is 2.20. The Morgan fingerprint density at radius 2 is 1.86 bits per heavy atom. The van der Waals surface area contributed by atoms with Gasteiger partial charge in [0.05, 0.1) is 10.6 Å². The summed E-state index contributed by atoms with van der Waals surface area (Å²) in [5, 5.41) is 11.3. The molecule has 0 aliphatic rings. The van der Waals surface area contributed by atoms with Crippen LogP contribution in [-0.2, 0) is 0 Å². The highest BCUT2D eigenvalue weighted by molar-refractivity contribution is 6.31. The molecule has 2 rings (SSSR count). The number of hydrogen-bond donors (Lipinski definition) is 2. The van der Waals surface area contributed by atoms with Crippen LogP contribution in [0.15, 0.2) is 36.4 Å². The molecule has 6 nitrogen and oxygen atoms in total. The van der Waals surface area contributed by atoms with Crippen LogP contribution >= 0.6 is 11.6 Å². The molecule has 114 valence electrons. The number of hydrogen-bond acceptors (Lipinski definition) is 4. The minimum absolute atomic E-state index is 0.0187. The molecule has 0 heterocycles. The van der Waals surface area contributed by atoms with E-state index in [-0.39, 0.29) is 5.69 Å². The number of amides is 1. The topological polar surface area (TPSA) is 84.3 Å². The molecule has 7 heteroatoms. The van der Waals surface area contributed by atoms with Gasteiger partial charge in [0.2, 0.25) is 0 Å². The molecule has 1 amide bonds. The number of carbonyl (C=O) groups excluding carboxylic acids is 1. The van der Waals surface area contributed by atoms with Gasteiger partial charge in [-0.2, -0.15) is 0 Å². The first-order valence-corrected chi connectivity index (χ1v) is 6.84. The highest BCUT2D eigenvalue weighted by atomic mass is 35.5. The third-order valence-electron chi connectivity index (χ3n) is 3.15. The molecule has 2 aromatic carbocycles. The molecular formula is C15H14ClN3O3. The van der Waals surface area contributed by atoms with Crippen molar-refractivity contribution in [1.82, 2.24) is 5.43 Å². The van der Waals surface area contributed by atoms with Crippen molar-refractivity contribution in [1.29, 1.82) is 0 Å². The quantitative estimate of drug-likeness (QED) is 0.666. The normalized spacial score (nSPS) is 10.1. The van der Waals surface area contributed by atoms with E-state index in [2.05, 4.69) is 10.9 Å². The Hall–Kier alpha value is -2.60. The zero-order chi connectivity index (χ0) is 16.3. The molecular weight excluding hydrogens is 306 g/mol. The maximum atomic E-state index is 12.0. The van der Waals surface area contributed by atoms with Gasteiger partial charge in [-0.1, -0.05) is 17.7 Å². The number of halogens is 1. The van der Waals surface area contributed by atoms with E-state index >= 15 is 0 Å². The summed E-state index contributed by atoms with van der Waals surface area (Å²) in [4.78, 5) is 22.3. The lowest BCUT2D eigenvalue weighted by molar-refractivity contribution is -0.385. The lowest BCUT2D eigenvalue weighted by Crippen LogP contribution is -2.29. The fraction of sp³-hybridized carbons (Fsp3) is 0.133. The molecule has 0 saturated carbocycles. The van der Waals surface area contributed by atoms with Crippen molar-refractivity contribution in [2.24, 2.45) is 0 Å². The molecule has 0 radical (unpaired) electrons. The van der Waals surface area contributed by atoms with E-state index in [9.17, 15) is 14.9 Å². The Bertz CT molecular complexity index is 747. The molecule has 0 unspecified atom stereocenters. The smallest absolute Gasteiger partial charge is 0.272 e. The van der Waals surface area contributed by atoms with E-state index in [0.29, 0.717) is 21.8 Å². The Balaban J connectivity index is 2.07. The first-order valence-electron chi connectivity index (χ1n) is 6.46. The second-order valence-electron chi connectivity index (χ2n) is 4.80. The van der Waals surface area contributed by atoms with Crippen LogP contribution in [0.2, 0.25) is 5.02 Å². The number of aryl methyl sites for hydroxylation is 2. The predicted molar refractivity (Wildman–Crippen MR) is 85.1 cm³/mol.